The van der Waals surface area contributed by atoms with Gasteiger partial charge in [-0.05, 0) is 31.5 Å². The fraction of sp³-hybridized carbons (Fsp3) is 0.455. The van der Waals surface area contributed by atoms with Crippen molar-refractivity contribution in [1.29, 1.82) is 0 Å². The molecule has 14 heavy (non-hydrogen) atoms. The van der Waals surface area contributed by atoms with E-state index in [1.807, 2.05) is 18.2 Å². The number of hydrogen-bond donors (Lipinski definition) is 0. The first-order chi connectivity index (χ1) is 6.63. The zero-order chi connectivity index (χ0) is 10.6. The summed E-state index contributed by atoms with van der Waals surface area (Å²) in [6, 6.07) is 5.63. The molecule has 0 bridgehead atoms. The number of hydrogen-bond acceptors (Lipinski definition) is 1. The molecule has 0 heterocycles. The van der Waals surface area contributed by atoms with Gasteiger partial charge in [-0.1, -0.05) is 40.9 Å². The summed E-state index contributed by atoms with van der Waals surface area (Å²) in [4.78, 5) is 0. The summed E-state index contributed by atoms with van der Waals surface area (Å²) >= 11 is 9.38. The van der Waals surface area contributed by atoms with Gasteiger partial charge in [-0.3, -0.25) is 0 Å². The van der Waals surface area contributed by atoms with Gasteiger partial charge in [0.05, 0.1) is 11.1 Å². The standard InChI is InChI=1S/C11H14BrClO/c1-3-4-8(2)14-11-7-9(12)5-6-10(11)13/h5-8H,3-4H2,1-2H3. The first-order valence-corrected chi connectivity index (χ1v) is 5.92. The van der Waals surface area contributed by atoms with E-state index in [9.17, 15) is 0 Å². The third kappa shape index (κ3) is 3.50. The van der Waals surface area contributed by atoms with Crippen molar-refractivity contribution in [2.24, 2.45) is 0 Å². The summed E-state index contributed by atoms with van der Waals surface area (Å²) in [6.45, 7) is 4.20. The van der Waals surface area contributed by atoms with Gasteiger partial charge in [0.25, 0.3) is 0 Å². The average molecular weight is 278 g/mol. The lowest BCUT2D eigenvalue weighted by Gasteiger charge is -2.14. The lowest BCUT2D eigenvalue weighted by atomic mass is 10.2. The van der Waals surface area contributed by atoms with Crippen LogP contribution < -0.4 is 4.74 Å². The van der Waals surface area contributed by atoms with E-state index in [4.69, 9.17) is 16.3 Å². The van der Waals surface area contributed by atoms with Gasteiger partial charge in [0.1, 0.15) is 5.75 Å². The maximum atomic E-state index is 5.99. The van der Waals surface area contributed by atoms with Crippen molar-refractivity contribution >= 4 is 27.5 Å². The van der Waals surface area contributed by atoms with Gasteiger partial charge in [-0.2, -0.15) is 0 Å². The third-order valence-electron chi connectivity index (χ3n) is 1.92. The Bertz CT molecular complexity index is 301. The van der Waals surface area contributed by atoms with Crippen LogP contribution >= 0.6 is 27.5 Å². The summed E-state index contributed by atoms with van der Waals surface area (Å²) in [5.74, 6) is 0.752. The van der Waals surface area contributed by atoms with Crippen LogP contribution in [-0.2, 0) is 0 Å². The van der Waals surface area contributed by atoms with Crippen LogP contribution in [0.5, 0.6) is 5.75 Å². The van der Waals surface area contributed by atoms with E-state index >= 15 is 0 Å². The van der Waals surface area contributed by atoms with Gasteiger partial charge in [0.2, 0.25) is 0 Å². The lowest BCUT2D eigenvalue weighted by Crippen LogP contribution is -2.11. The van der Waals surface area contributed by atoms with Gasteiger partial charge >= 0.3 is 0 Å². The van der Waals surface area contributed by atoms with Crippen molar-refractivity contribution in [3.8, 4) is 5.75 Å². The molecule has 0 aliphatic carbocycles. The fourth-order valence-corrected chi connectivity index (χ4v) is 1.75. The second-order valence-electron chi connectivity index (χ2n) is 3.29. The second kappa shape index (κ2) is 5.62. The number of ether oxygens (including phenoxy) is 1. The summed E-state index contributed by atoms with van der Waals surface area (Å²) in [5, 5.41) is 0.663. The normalized spacial score (nSPS) is 12.6. The minimum atomic E-state index is 0.215. The van der Waals surface area contributed by atoms with Crippen LogP contribution in [-0.4, -0.2) is 6.10 Å². The minimum absolute atomic E-state index is 0.215. The molecule has 1 rings (SSSR count). The summed E-state index contributed by atoms with van der Waals surface area (Å²) < 4.78 is 6.69. The van der Waals surface area contributed by atoms with Crippen LogP contribution in [0.2, 0.25) is 5.02 Å². The monoisotopic (exact) mass is 276 g/mol. The highest BCUT2D eigenvalue weighted by atomic mass is 79.9. The van der Waals surface area contributed by atoms with Crippen molar-refractivity contribution < 1.29 is 4.74 Å². The summed E-state index contributed by atoms with van der Waals surface area (Å²) in [7, 11) is 0. The van der Waals surface area contributed by atoms with Crippen LogP contribution in [0.1, 0.15) is 26.7 Å². The molecule has 0 fully saturated rings. The van der Waals surface area contributed by atoms with E-state index in [-0.39, 0.29) is 6.10 Å². The van der Waals surface area contributed by atoms with Crippen molar-refractivity contribution in [2.45, 2.75) is 32.8 Å². The predicted octanol–water partition coefficient (Wildman–Crippen LogP) is 4.67. The van der Waals surface area contributed by atoms with Crippen molar-refractivity contribution in [2.75, 3.05) is 0 Å². The number of halogens is 2. The molecule has 0 spiro atoms. The van der Waals surface area contributed by atoms with Gasteiger partial charge in [-0.25, -0.2) is 0 Å². The molecule has 0 aliphatic heterocycles. The Hall–Kier alpha value is -0.210. The Balaban J connectivity index is 2.70. The number of rotatable bonds is 4. The van der Waals surface area contributed by atoms with Gasteiger partial charge in [-0.15, -0.1) is 0 Å². The molecule has 0 saturated carbocycles. The van der Waals surface area contributed by atoms with Crippen LogP contribution in [0.15, 0.2) is 22.7 Å². The van der Waals surface area contributed by atoms with Crippen LogP contribution in [0.4, 0.5) is 0 Å². The van der Waals surface area contributed by atoms with E-state index in [2.05, 4.69) is 29.8 Å². The highest BCUT2D eigenvalue weighted by Crippen LogP contribution is 2.29. The molecule has 1 nitrogen and oxygen atoms in total. The van der Waals surface area contributed by atoms with E-state index in [1.54, 1.807) is 0 Å². The molecule has 1 aromatic carbocycles. The molecule has 0 saturated heterocycles. The van der Waals surface area contributed by atoms with Crippen molar-refractivity contribution in [3.63, 3.8) is 0 Å². The quantitative estimate of drug-likeness (QED) is 0.777. The van der Waals surface area contributed by atoms with Gasteiger partial charge in [0.15, 0.2) is 0 Å². The lowest BCUT2D eigenvalue weighted by molar-refractivity contribution is 0.210. The molecule has 0 N–H and O–H groups in total. The first kappa shape index (κ1) is 11.9. The van der Waals surface area contributed by atoms with E-state index < -0.39 is 0 Å². The molecule has 1 aromatic rings. The highest BCUT2D eigenvalue weighted by Gasteiger charge is 2.06. The van der Waals surface area contributed by atoms with E-state index in [0.29, 0.717) is 5.02 Å². The van der Waals surface area contributed by atoms with E-state index in [1.165, 1.54) is 0 Å². The third-order valence-corrected chi connectivity index (χ3v) is 2.72. The maximum absolute atomic E-state index is 5.99. The van der Waals surface area contributed by atoms with Crippen molar-refractivity contribution in [1.82, 2.24) is 0 Å². The van der Waals surface area contributed by atoms with Crippen LogP contribution in [0, 0.1) is 0 Å². The minimum Gasteiger partial charge on any atom is -0.489 e. The molecule has 0 radical (unpaired) electrons. The molecule has 1 unspecified atom stereocenters. The molecule has 78 valence electrons. The average Bonchev–Trinajstić information content (AvgIpc) is 2.12. The molecule has 3 heteroatoms. The van der Waals surface area contributed by atoms with Crippen LogP contribution in [0.25, 0.3) is 0 Å². The fourth-order valence-electron chi connectivity index (χ4n) is 1.25. The Kier molecular flexibility index (Phi) is 4.76. The van der Waals surface area contributed by atoms with Gasteiger partial charge in [0, 0.05) is 4.47 Å². The SMILES string of the molecule is CCCC(C)Oc1cc(Br)ccc1Cl. The maximum Gasteiger partial charge on any atom is 0.139 e. The first-order valence-electron chi connectivity index (χ1n) is 4.75. The Morgan fingerprint density at radius 1 is 1.50 bits per heavy atom. The topological polar surface area (TPSA) is 9.23 Å². The van der Waals surface area contributed by atoms with Gasteiger partial charge < -0.3 is 4.74 Å². The molecular weight excluding hydrogens is 263 g/mol. The predicted molar refractivity (Wildman–Crippen MR) is 64.2 cm³/mol. The molecule has 1 atom stereocenters. The van der Waals surface area contributed by atoms with Crippen LogP contribution in [0.3, 0.4) is 0 Å². The largest absolute Gasteiger partial charge is 0.489 e. The van der Waals surface area contributed by atoms with Crippen molar-refractivity contribution in [3.05, 3.63) is 27.7 Å². The summed E-state index contributed by atoms with van der Waals surface area (Å²) in [5.41, 5.74) is 0. The smallest absolute Gasteiger partial charge is 0.139 e. The summed E-state index contributed by atoms with van der Waals surface area (Å²) in [6.07, 6.45) is 2.38. The Morgan fingerprint density at radius 2 is 2.21 bits per heavy atom. The highest BCUT2D eigenvalue weighted by molar-refractivity contribution is 9.10. The second-order valence-corrected chi connectivity index (χ2v) is 4.61. The zero-order valence-electron chi connectivity index (χ0n) is 8.39. The number of benzene rings is 1. The molecular formula is C11H14BrClO. The molecule has 0 aromatic heterocycles. The molecule has 0 aliphatic rings. The zero-order valence-corrected chi connectivity index (χ0v) is 10.7. The molecule has 0 amide bonds. The Labute approximate surface area is 98.5 Å². The Morgan fingerprint density at radius 3 is 2.86 bits per heavy atom. The van der Waals surface area contributed by atoms with E-state index in [0.717, 1.165) is 23.1 Å².